The second-order valence-corrected chi connectivity index (χ2v) is 6.37. The Hall–Kier alpha value is -3.34. The van der Waals surface area contributed by atoms with E-state index in [1.807, 2.05) is 48.3 Å². The van der Waals surface area contributed by atoms with Gasteiger partial charge in [0, 0.05) is 41.5 Å². The number of nitrogens with zero attached hydrogens (tertiary/aromatic N) is 3. The molecule has 2 N–H and O–H groups in total. The van der Waals surface area contributed by atoms with E-state index in [0.29, 0.717) is 5.88 Å². The highest BCUT2D eigenvalue weighted by Gasteiger charge is 2.14. The first-order chi connectivity index (χ1) is 12.6. The van der Waals surface area contributed by atoms with Crippen LogP contribution >= 0.6 is 0 Å². The number of nitrogens with two attached hydrogens (primary N) is 1. The van der Waals surface area contributed by atoms with E-state index in [2.05, 4.69) is 30.1 Å². The predicted molar refractivity (Wildman–Crippen MR) is 105 cm³/mol. The molecule has 0 radical (unpaired) electrons. The molecule has 2 aromatic heterocycles. The number of nitrogen functional groups attached to an aromatic ring is 1. The summed E-state index contributed by atoms with van der Waals surface area (Å²) in [6.45, 7) is 2.06. The lowest BCUT2D eigenvalue weighted by molar-refractivity contribution is 0.398. The molecule has 5 nitrogen and oxygen atoms in total. The van der Waals surface area contributed by atoms with Crippen molar-refractivity contribution in [3.63, 3.8) is 0 Å². The van der Waals surface area contributed by atoms with Crippen molar-refractivity contribution in [1.82, 2.24) is 14.8 Å². The smallest absolute Gasteiger partial charge is 0.212 e. The fourth-order valence-corrected chi connectivity index (χ4v) is 3.27. The first kappa shape index (κ1) is 16.1. The maximum absolute atomic E-state index is 5.90. The van der Waals surface area contributed by atoms with E-state index in [4.69, 9.17) is 15.6 Å². The summed E-state index contributed by atoms with van der Waals surface area (Å²) in [6.07, 6.45) is 1.82. The van der Waals surface area contributed by atoms with Crippen LogP contribution in [0.1, 0.15) is 5.56 Å². The Bertz CT molecular complexity index is 1100. The number of anilines is 1. The van der Waals surface area contributed by atoms with E-state index in [9.17, 15) is 0 Å². The molecule has 26 heavy (non-hydrogen) atoms. The topological polar surface area (TPSA) is 66.0 Å². The Morgan fingerprint density at radius 2 is 1.81 bits per heavy atom. The molecule has 0 aliphatic heterocycles. The van der Waals surface area contributed by atoms with Crippen molar-refractivity contribution < 1.29 is 4.74 Å². The summed E-state index contributed by atoms with van der Waals surface area (Å²) in [7, 11) is 3.58. The largest absolute Gasteiger partial charge is 0.481 e. The molecule has 0 spiro atoms. The standard InChI is InChI=1S/C21H20N4O/c1-13-10-16(22)6-7-17(13)21-18-11-14(4-8-19(18)25(2)24-21)15-5-9-20(26-3)23-12-15/h4-12H,22H2,1-3H3. The quantitative estimate of drug-likeness (QED) is 0.566. The molecular formula is C21H20N4O. The van der Waals surface area contributed by atoms with Crippen LogP contribution in [0.25, 0.3) is 33.3 Å². The lowest BCUT2D eigenvalue weighted by Crippen LogP contribution is -1.92. The Morgan fingerprint density at radius 1 is 1.00 bits per heavy atom. The Kier molecular flexibility index (Phi) is 3.84. The van der Waals surface area contributed by atoms with E-state index in [0.717, 1.165) is 44.5 Å². The van der Waals surface area contributed by atoms with Crippen molar-refractivity contribution in [2.45, 2.75) is 6.92 Å². The molecule has 0 amide bonds. The molecule has 4 rings (SSSR count). The van der Waals surface area contributed by atoms with Gasteiger partial charge < -0.3 is 10.5 Å². The third-order valence-electron chi connectivity index (χ3n) is 4.63. The van der Waals surface area contributed by atoms with Gasteiger partial charge in [-0.2, -0.15) is 5.10 Å². The Morgan fingerprint density at radius 3 is 2.50 bits per heavy atom. The first-order valence-corrected chi connectivity index (χ1v) is 8.40. The number of fused-ring (bicyclic) bond motifs is 1. The van der Waals surface area contributed by atoms with Crippen LogP contribution in [0.5, 0.6) is 5.88 Å². The van der Waals surface area contributed by atoms with Gasteiger partial charge in [-0.1, -0.05) is 12.1 Å². The van der Waals surface area contributed by atoms with E-state index in [1.54, 1.807) is 7.11 Å². The van der Waals surface area contributed by atoms with Gasteiger partial charge in [0.25, 0.3) is 0 Å². The van der Waals surface area contributed by atoms with Crippen molar-refractivity contribution in [2.75, 3.05) is 12.8 Å². The summed E-state index contributed by atoms with van der Waals surface area (Å²) < 4.78 is 7.06. The second-order valence-electron chi connectivity index (χ2n) is 6.37. The van der Waals surface area contributed by atoms with Crippen LogP contribution < -0.4 is 10.5 Å². The highest BCUT2D eigenvalue weighted by molar-refractivity contribution is 5.96. The van der Waals surface area contributed by atoms with Gasteiger partial charge in [-0.25, -0.2) is 4.98 Å². The fourth-order valence-electron chi connectivity index (χ4n) is 3.27. The summed E-state index contributed by atoms with van der Waals surface area (Å²) in [6, 6.07) is 16.2. The third kappa shape index (κ3) is 2.67. The SMILES string of the molecule is COc1ccc(-c2ccc3c(c2)c(-c2ccc(N)cc2C)nn3C)cn1. The van der Waals surface area contributed by atoms with Crippen LogP contribution in [-0.4, -0.2) is 21.9 Å². The lowest BCUT2D eigenvalue weighted by Gasteiger charge is -2.06. The van der Waals surface area contributed by atoms with Gasteiger partial charge in [0.05, 0.1) is 12.6 Å². The van der Waals surface area contributed by atoms with Gasteiger partial charge in [0.2, 0.25) is 5.88 Å². The zero-order chi connectivity index (χ0) is 18.3. The molecule has 0 saturated heterocycles. The minimum Gasteiger partial charge on any atom is -0.481 e. The number of aryl methyl sites for hydroxylation is 2. The molecule has 0 fully saturated rings. The van der Waals surface area contributed by atoms with Gasteiger partial charge >= 0.3 is 0 Å². The van der Waals surface area contributed by atoms with Crippen LogP contribution in [0.15, 0.2) is 54.7 Å². The average molecular weight is 344 g/mol. The number of aromatic nitrogens is 3. The number of ether oxygens (including phenoxy) is 1. The maximum atomic E-state index is 5.90. The molecule has 0 atom stereocenters. The number of rotatable bonds is 3. The van der Waals surface area contributed by atoms with Gasteiger partial charge in [0.15, 0.2) is 0 Å². The number of methoxy groups -OCH3 is 1. The molecule has 0 aliphatic rings. The molecule has 130 valence electrons. The fraction of sp³-hybridized carbons (Fsp3) is 0.143. The van der Waals surface area contributed by atoms with Crippen molar-refractivity contribution in [1.29, 1.82) is 0 Å². The van der Waals surface area contributed by atoms with Crippen LogP contribution in [-0.2, 0) is 7.05 Å². The van der Waals surface area contributed by atoms with Crippen LogP contribution in [0.2, 0.25) is 0 Å². The Labute approximate surface area is 152 Å². The zero-order valence-electron chi connectivity index (χ0n) is 15.0. The number of pyridine rings is 1. The van der Waals surface area contributed by atoms with Crippen LogP contribution in [0, 0.1) is 6.92 Å². The molecule has 2 heterocycles. The molecule has 4 aromatic rings. The van der Waals surface area contributed by atoms with Gasteiger partial charge in [-0.3, -0.25) is 4.68 Å². The maximum Gasteiger partial charge on any atom is 0.212 e. The summed E-state index contributed by atoms with van der Waals surface area (Å²) in [4.78, 5) is 4.31. The second kappa shape index (κ2) is 6.19. The summed E-state index contributed by atoms with van der Waals surface area (Å²) in [5, 5.41) is 5.86. The number of hydrogen-bond acceptors (Lipinski definition) is 4. The van der Waals surface area contributed by atoms with Gasteiger partial charge in [0.1, 0.15) is 5.69 Å². The van der Waals surface area contributed by atoms with E-state index in [1.165, 1.54) is 0 Å². The first-order valence-electron chi connectivity index (χ1n) is 8.40. The van der Waals surface area contributed by atoms with Crippen molar-refractivity contribution in [2.24, 2.45) is 7.05 Å². The van der Waals surface area contributed by atoms with Crippen LogP contribution in [0.4, 0.5) is 5.69 Å². The van der Waals surface area contributed by atoms with E-state index >= 15 is 0 Å². The number of benzene rings is 2. The highest BCUT2D eigenvalue weighted by Crippen LogP contribution is 2.33. The third-order valence-corrected chi connectivity index (χ3v) is 4.63. The summed E-state index contributed by atoms with van der Waals surface area (Å²) >= 11 is 0. The minimum atomic E-state index is 0.606. The number of hydrogen-bond donors (Lipinski definition) is 1. The molecular weight excluding hydrogens is 324 g/mol. The van der Waals surface area contributed by atoms with Crippen molar-refractivity contribution in [3.05, 3.63) is 60.3 Å². The van der Waals surface area contributed by atoms with E-state index in [-0.39, 0.29) is 0 Å². The monoisotopic (exact) mass is 344 g/mol. The van der Waals surface area contributed by atoms with E-state index < -0.39 is 0 Å². The average Bonchev–Trinajstić information content (AvgIpc) is 2.98. The molecule has 0 aliphatic carbocycles. The lowest BCUT2D eigenvalue weighted by atomic mass is 9.99. The molecule has 0 saturated carbocycles. The predicted octanol–water partition coefficient (Wildman–Crippen LogP) is 4.20. The van der Waals surface area contributed by atoms with Gasteiger partial charge in [-0.05, 0) is 48.4 Å². The summed E-state index contributed by atoms with van der Waals surface area (Å²) in [5.41, 5.74) is 13.0. The van der Waals surface area contributed by atoms with Gasteiger partial charge in [-0.15, -0.1) is 0 Å². The normalized spacial score (nSPS) is 11.0. The van der Waals surface area contributed by atoms with Crippen molar-refractivity contribution >= 4 is 16.6 Å². The molecule has 2 aromatic carbocycles. The Balaban J connectivity index is 1.89. The highest BCUT2D eigenvalue weighted by atomic mass is 16.5. The molecule has 0 unspecified atom stereocenters. The molecule has 5 heteroatoms. The molecule has 0 bridgehead atoms. The summed E-state index contributed by atoms with van der Waals surface area (Å²) in [5.74, 6) is 0.606. The minimum absolute atomic E-state index is 0.606. The van der Waals surface area contributed by atoms with Crippen molar-refractivity contribution in [3.8, 4) is 28.3 Å². The van der Waals surface area contributed by atoms with Crippen LogP contribution in [0.3, 0.4) is 0 Å². The zero-order valence-corrected chi connectivity index (χ0v) is 15.0.